The van der Waals surface area contributed by atoms with E-state index in [1.165, 1.54) is 18.1 Å². The molecule has 7 nitrogen and oxygen atoms in total. The molecule has 0 bridgehead atoms. The molecule has 0 spiro atoms. The molecule has 1 amide bonds. The number of hydrogen-bond acceptors (Lipinski definition) is 5. The van der Waals surface area contributed by atoms with E-state index in [0.29, 0.717) is 5.56 Å². The highest BCUT2D eigenvalue weighted by atomic mass is 16.6. The monoisotopic (exact) mass is 280 g/mol. The van der Waals surface area contributed by atoms with Crippen LogP contribution in [0.2, 0.25) is 0 Å². The number of carbonyl (C=O) groups is 2. The first-order valence-corrected chi connectivity index (χ1v) is 6.02. The van der Waals surface area contributed by atoms with Crippen molar-refractivity contribution in [3.05, 3.63) is 39.4 Å². The number of ether oxygens (including phenoxy) is 1. The summed E-state index contributed by atoms with van der Waals surface area (Å²) in [5.41, 5.74) is 0.136. The van der Waals surface area contributed by atoms with Gasteiger partial charge in [-0.25, -0.2) is 0 Å². The molecule has 0 aromatic heterocycles. The fourth-order valence-electron chi connectivity index (χ4n) is 1.79. The summed E-state index contributed by atoms with van der Waals surface area (Å²) in [7, 11) is 1.22. The Morgan fingerprint density at radius 1 is 1.40 bits per heavy atom. The zero-order valence-corrected chi connectivity index (χ0v) is 11.6. The van der Waals surface area contributed by atoms with Gasteiger partial charge in [0.2, 0.25) is 0 Å². The molecule has 0 radical (unpaired) electrons. The molecule has 0 N–H and O–H groups in total. The van der Waals surface area contributed by atoms with E-state index in [4.69, 9.17) is 0 Å². The third-order valence-electron chi connectivity index (χ3n) is 2.87. The number of hydrogen-bond donors (Lipinski definition) is 0. The van der Waals surface area contributed by atoms with Crippen LogP contribution >= 0.6 is 0 Å². The van der Waals surface area contributed by atoms with Crippen LogP contribution in [0.3, 0.4) is 0 Å². The summed E-state index contributed by atoms with van der Waals surface area (Å²) in [5.74, 6) is -1.14. The average molecular weight is 280 g/mol. The van der Waals surface area contributed by atoms with Crippen molar-refractivity contribution in [2.24, 2.45) is 0 Å². The van der Waals surface area contributed by atoms with Crippen LogP contribution in [0.15, 0.2) is 18.2 Å². The number of nitro benzene ring substituents is 1. The van der Waals surface area contributed by atoms with E-state index < -0.39 is 16.8 Å². The second kappa shape index (κ2) is 6.65. The highest BCUT2D eigenvalue weighted by Crippen LogP contribution is 2.24. The summed E-state index contributed by atoms with van der Waals surface area (Å²) < 4.78 is 4.50. The van der Waals surface area contributed by atoms with Gasteiger partial charge >= 0.3 is 5.97 Å². The van der Waals surface area contributed by atoms with Gasteiger partial charge in [0, 0.05) is 12.1 Å². The number of benzene rings is 1. The van der Waals surface area contributed by atoms with Gasteiger partial charge in [-0.1, -0.05) is 12.1 Å². The maximum absolute atomic E-state index is 12.3. The lowest BCUT2D eigenvalue weighted by atomic mass is 10.1. The van der Waals surface area contributed by atoms with E-state index in [-0.39, 0.29) is 24.3 Å². The van der Waals surface area contributed by atoms with Crippen molar-refractivity contribution in [2.45, 2.75) is 13.8 Å². The third-order valence-corrected chi connectivity index (χ3v) is 2.87. The molecular formula is C13H16N2O5. The Bertz CT molecular complexity index is 542. The van der Waals surface area contributed by atoms with Gasteiger partial charge in [0.25, 0.3) is 11.6 Å². The number of esters is 1. The van der Waals surface area contributed by atoms with E-state index in [1.807, 2.05) is 0 Å². The predicted molar refractivity (Wildman–Crippen MR) is 71.4 cm³/mol. The molecule has 0 fully saturated rings. The van der Waals surface area contributed by atoms with Gasteiger partial charge in [-0.3, -0.25) is 19.7 Å². The highest BCUT2D eigenvalue weighted by molar-refractivity contribution is 5.99. The standard InChI is InChI=1S/C13H16N2O5/c1-4-14(8-11(16)20-3)13(17)10-7-5-6-9(2)12(10)15(18)19/h5-7H,4,8H2,1-3H3. The molecule has 0 atom stereocenters. The molecule has 0 aliphatic heterocycles. The Hall–Kier alpha value is -2.44. The zero-order chi connectivity index (χ0) is 15.3. The number of carbonyl (C=O) groups excluding carboxylic acids is 2. The van der Waals surface area contributed by atoms with Gasteiger partial charge in [-0.05, 0) is 19.9 Å². The normalized spacial score (nSPS) is 9.95. The second-order valence-corrected chi connectivity index (χ2v) is 4.12. The fourth-order valence-corrected chi connectivity index (χ4v) is 1.79. The molecule has 0 aliphatic rings. The topological polar surface area (TPSA) is 89.8 Å². The van der Waals surface area contributed by atoms with Crippen molar-refractivity contribution in [1.82, 2.24) is 4.90 Å². The van der Waals surface area contributed by atoms with Crippen molar-refractivity contribution in [3.63, 3.8) is 0 Å². The van der Waals surface area contributed by atoms with Gasteiger partial charge in [0.05, 0.1) is 12.0 Å². The third kappa shape index (κ3) is 3.31. The van der Waals surface area contributed by atoms with Crippen molar-refractivity contribution in [1.29, 1.82) is 0 Å². The zero-order valence-electron chi connectivity index (χ0n) is 11.6. The maximum Gasteiger partial charge on any atom is 0.325 e. The summed E-state index contributed by atoms with van der Waals surface area (Å²) in [5, 5.41) is 11.1. The highest BCUT2D eigenvalue weighted by Gasteiger charge is 2.26. The van der Waals surface area contributed by atoms with Gasteiger partial charge in [-0.15, -0.1) is 0 Å². The van der Waals surface area contributed by atoms with E-state index in [2.05, 4.69) is 4.74 Å². The minimum Gasteiger partial charge on any atom is -0.468 e. The molecule has 1 aromatic rings. The lowest BCUT2D eigenvalue weighted by molar-refractivity contribution is -0.385. The Morgan fingerprint density at radius 2 is 2.05 bits per heavy atom. The van der Waals surface area contributed by atoms with Crippen LogP contribution in [0.4, 0.5) is 5.69 Å². The molecule has 0 heterocycles. The van der Waals surface area contributed by atoms with Crippen LogP contribution < -0.4 is 0 Å². The van der Waals surface area contributed by atoms with Crippen LogP contribution in [0.25, 0.3) is 0 Å². The SMILES string of the molecule is CCN(CC(=O)OC)C(=O)c1cccc(C)c1[N+](=O)[O-]. The smallest absolute Gasteiger partial charge is 0.325 e. The minimum atomic E-state index is -0.589. The van der Waals surface area contributed by atoms with Gasteiger partial charge in [-0.2, -0.15) is 0 Å². The molecule has 7 heteroatoms. The number of methoxy groups -OCH3 is 1. The number of nitro groups is 1. The Labute approximate surface area is 116 Å². The van der Waals surface area contributed by atoms with Crippen molar-refractivity contribution in [2.75, 3.05) is 20.2 Å². The van der Waals surface area contributed by atoms with Crippen molar-refractivity contribution < 1.29 is 19.2 Å². The van der Waals surface area contributed by atoms with Crippen molar-refractivity contribution >= 4 is 17.6 Å². The molecule has 1 rings (SSSR count). The minimum absolute atomic E-state index is 0.0271. The molecule has 1 aromatic carbocycles. The van der Waals surface area contributed by atoms with E-state index in [0.717, 1.165) is 0 Å². The quantitative estimate of drug-likeness (QED) is 0.463. The van der Waals surface area contributed by atoms with E-state index in [9.17, 15) is 19.7 Å². The van der Waals surface area contributed by atoms with Gasteiger partial charge in [0.1, 0.15) is 12.1 Å². The molecule has 0 aliphatic carbocycles. The molecule has 0 unspecified atom stereocenters. The van der Waals surface area contributed by atoms with Gasteiger partial charge in [0.15, 0.2) is 0 Å². The van der Waals surface area contributed by atoms with Crippen LogP contribution in [0.1, 0.15) is 22.8 Å². The summed E-state index contributed by atoms with van der Waals surface area (Å²) >= 11 is 0. The predicted octanol–water partition coefficient (Wildman–Crippen LogP) is 1.54. The van der Waals surface area contributed by atoms with E-state index in [1.54, 1.807) is 26.0 Å². The number of amides is 1. The van der Waals surface area contributed by atoms with E-state index >= 15 is 0 Å². The molecule has 20 heavy (non-hydrogen) atoms. The summed E-state index contributed by atoms with van der Waals surface area (Å²) in [6.45, 7) is 3.25. The second-order valence-electron chi connectivity index (χ2n) is 4.12. The molecule has 108 valence electrons. The van der Waals surface area contributed by atoms with Gasteiger partial charge < -0.3 is 9.64 Å². The van der Waals surface area contributed by atoms with Crippen LogP contribution in [-0.4, -0.2) is 41.9 Å². The first kappa shape index (κ1) is 15.6. The first-order chi connectivity index (χ1) is 9.42. The molecular weight excluding hydrogens is 264 g/mol. The summed E-state index contributed by atoms with van der Waals surface area (Å²) in [6, 6.07) is 4.51. The molecule has 0 saturated carbocycles. The molecule has 0 saturated heterocycles. The van der Waals surface area contributed by atoms with Crippen LogP contribution in [0, 0.1) is 17.0 Å². The average Bonchev–Trinajstić information content (AvgIpc) is 2.42. The van der Waals surface area contributed by atoms with Crippen LogP contribution in [0.5, 0.6) is 0 Å². The van der Waals surface area contributed by atoms with Crippen LogP contribution in [-0.2, 0) is 9.53 Å². The lowest BCUT2D eigenvalue weighted by Crippen LogP contribution is -2.36. The largest absolute Gasteiger partial charge is 0.468 e. The number of rotatable bonds is 5. The number of para-hydroxylation sites is 1. The first-order valence-electron chi connectivity index (χ1n) is 6.02. The fraction of sp³-hybridized carbons (Fsp3) is 0.385. The Balaban J connectivity index is 3.16. The number of likely N-dealkylation sites (N-methyl/N-ethyl adjacent to an activating group) is 1. The number of aryl methyl sites for hydroxylation is 1. The summed E-state index contributed by atoms with van der Waals surface area (Å²) in [6.07, 6.45) is 0. The number of nitrogens with zero attached hydrogens (tertiary/aromatic N) is 2. The summed E-state index contributed by atoms with van der Waals surface area (Å²) in [4.78, 5) is 35.3. The Morgan fingerprint density at radius 3 is 2.55 bits per heavy atom. The lowest BCUT2D eigenvalue weighted by Gasteiger charge is -2.19. The Kier molecular flexibility index (Phi) is 5.19. The maximum atomic E-state index is 12.3. The van der Waals surface area contributed by atoms with Crippen molar-refractivity contribution in [3.8, 4) is 0 Å².